The number of rotatable bonds is 2. The van der Waals surface area contributed by atoms with E-state index in [1.54, 1.807) is 25.1 Å². The van der Waals surface area contributed by atoms with Crippen LogP contribution in [-0.2, 0) is 0 Å². The smallest absolute Gasteiger partial charge is 0.136 e. The summed E-state index contributed by atoms with van der Waals surface area (Å²) in [5, 5.41) is 3.98. The van der Waals surface area contributed by atoms with Crippen molar-refractivity contribution in [3.8, 4) is 0 Å². The molecule has 0 bridgehead atoms. The van der Waals surface area contributed by atoms with Crippen LogP contribution in [0.3, 0.4) is 0 Å². The van der Waals surface area contributed by atoms with Gasteiger partial charge in [0, 0.05) is 6.07 Å². The predicted octanol–water partition coefficient (Wildman–Crippen LogP) is 3.42. The van der Waals surface area contributed by atoms with Crippen LogP contribution in [-0.4, -0.2) is 9.97 Å². The largest absolute Gasteiger partial charge is 0.384 e. The van der Waals surface area contributed by atoms with Crippen molar-refractivity contribution in [2.75, 3.05) is 11.1 Å². The molecular formula is C11H10Cl2N4. The fraction of sp³-hybridized carbons (Fsp3) is 0.0909. The van der Waals surface area contributed by atoms with Gasteiger partial charge in [-0.3, -0.25) is 0 Å². The van der Waals surface area contributed by atoms with Crippen molar-refractivity contribution in [2.45, 2.75) is 6.92 Å². The second-order valence-corrected chi connectivity index (χ2v) is 4.24. The highest BCUT2D eigenvalue weighted by Gasteiger charge is 2.06. The van der Waals surface area contributed by atoms with Crippen LogP contribution < -0.4 is 11.1 Å². The van der Waals surface area contributed by atoms with Gasteiger partial charge in [0.1, 0.15) is 17.5 Å². The zero-order chi connectivity index (χ0) is 12.4. The fourth-order valence-electron chi connectivity index (χ4n) is 1.39. The highest BCUT2D eigenvalue weighted by atomic mass is 35.5. The summed E-state index contributed by atoms with van der Waals surface area (Å²) in [6.45, 7) is 1.76. The van der Waals surface area contributed by atoms with E-state index in [0.717, 1.165) is 0 Å². The number of anilines is 3. The number of nitrogen functional groups attached to an aromatic ring is 1. The molecule has 1 heterocycles. The zero-order valence-electron chi connectivity index (χ0n) is 9.04. The second kappa shape index (κ2) is 4.77. The molecular weight excluding hydrogens is 259 g/mol. The van der Waals surface area contributed by atoms with Gasteiger partial charge in [-0.2, -0.15) is 0 Å². The van der Waals surface area contributed by atoms with Crippen molar-refractivity contribution in [3.05, 3.63) is 40.1 Å². The van der Waals surface area contributed by atoms with Crippen LogP contribution in [0.2, 0.25) is 10.0 Å². The molecule has 2 aromatic rings. The van der Waals surface area contributed by atoms with Gasteiger partial charge in [-0.05, 0) is 19.1 Å². The van der Waals surface area contributed by atoms with Gasteiger partial charge in [0.15, 0.2) is 0 Å². The molecule has 2 rings (SSSR count). The molecule has 17 heavy (non-hydrogen) atoms. The Labute approximate surface area is 109 Å². The molecule has 1 aromatic heterocycles. The average Bonchev–Trinajstić information content (AvgIpc) is 2.23. The molecule has 0 fully saturated rings. The lowest BCUT2D eigenvalue weighted by molar-refractivity contribution is 1.06. The number of hydrogen-bond acceptors (Lipinski definition) is 4. The molecule has 88 valence electrons. The summed E-state index contributed by atoms with van der Waals surface area (Å²) in [4.78, 5) is 8.18. The maximum Gasteiger partial charge on any atom is 0.136 e. The van der Waals surface area contributed by atoms with Crippen molar-refractivity contribution < 1.29 is 0 Å². The van der Waals surface area contributed by atoms with Crippen molar-refractivity contribution >= 4 is 40.5 Å². The number of nitrogens with two attached hydrogens (primary N) is 1. The first kappa shape index (κ1) is 12.0. The average molecular weight is 269 g/mol. The molecule has 0 saturated carbocycles. The minimum absolute atomic E-state index is 0.401. The normalized spacial score (nSPS) is 10.3. The highest BCUT2D eigenvalue weighted by Crippen LogP contribution is 2.31. The molecule has 0 aliphatic heterocycles. The molecule has 0 aliphatic carbocycles. The van der Waals surface area contributed by atoms with Gasteiger partial charge in [0.05, 0.1) is 15.7 Å². The van der Waals surface area contributed by atoms with Gasteiger partial charge in [0.25, 0.3) is 0 Å². The molecule has 0 saturated heterocycles. The Hall–Kier alpha value is -1.52. The molecule has 6 heteroatoms. The van der Waals surface area contributed by atoms with Crippen LogP contribution in [0.15, 0.2) is 24.3 Å². The number of aromatic nitrogens is 2. The van der Waals surface area contributed by atoms with Crippen LogP contribution in [0.5, 0.6) is 0 Å². The topological polar surface area (TPSA) is 63.8 Å². The van der Waals surface area contributed by atoms with E-state index in [1.807, 2.05) is 6.07 Å². The predicted molar refractivity (Wildman–Crippen MR) is 70.9 cm³/mol. The van der Waals surface area contributed by atoms with Crippen molar-refractivity contribution in [1.29, 1.82) is 0 Å². The number of hydrogen-bond donors (Lipinski definition) is 2. The minimum Gasteiger partial charge on any atom is -0.384 e. The third-order valence-electron chi connectivity index (χ3n) is 2.07. The Morgan fingerprint density at radius 1 is 1.24 bits per heavy atom. The van der Waals surface area contributed by atoms with Gasteiger partial charge in [-0.15, -0.1) is 0 Å². The number of benzene rings is 1. The Morgan fingerprint density at radius 3 is 2.71 bits per heavy atom. The van der Waals surface area contributed by atoms with E-state index in [0.29, 0.717) is 33.2 Å². The van der Waals surface area contributed by atoms with Gasteiger partial charge < -0.3 is 11.1 Å². The van der Waals surface area contributed by atoms with Crippen LogP contribution in [0.4, 0.5) is 17.3 Å². The monoisotopic (exact) mass is 268 g/mol. The van der Waals surface area contributed by atoms with Crippen molar-refractivity contribution in [1.82, 2.24) is 9.97 Å². The Balaban J connectivity index is 2.34. The molecule has 0 atom stereocenters. The van der Waals surface area contributed by atoms with E-state index in [4.69, 9.17) is 28.9 Å². The number of nitrogens with zero attached hydrogens (tertiary/aromatic N) is 2. The highest BCUT2D eigenvalue weighted by molar-refractivity contribution is 6.43. The Kier molecular flexibility index (Phi) is 3.36. The van der Waals surface area contributed by atoms with E-state index in [1.165, 1.54) is 0 Å². The molecule has 4 nitrogen and oxygen atoms in total. The van der Waals surface area contributed by atoms with Crippen LogP contribution in [0.25, 0.3) is 0 Å². The van der Waals surface area contributed by atoms with Gasteiger partial charge >= 0.3 is 0 Å². The van der Waals surface area contributed by atoms with Crippen molar-refractivity contribution in [2.24, 2.45) is 0 Å². The first-order valence-electron chi connectivity index (χ1n) is 4.88. The van der Waals surface area contributed by atoms with E-state index >= 15 is 0 Å². The quantitative estimate of drug-likeness (QED) is 0.876. The first-order chi connectivity index (χ1) is 8.06. The molecule has 0 aliphatic rings. The second-order valence-electron chi connectivity index (χ2n) is 3.45. The molecule has 1 aromatic carbocycles. The minimum atomic E-state index is 0.401. The summed E-state index contributed by atoms with van der Waals surface area (Å²) in [7, 11) is 0. The Morgan fingerprint density at radius 2 is 2.00 bits per heavy atom. The number of aryl methyl sites for hydroxylation is 1. The maximum absolute atomic E-state index is 6.05. The van der Waals surface area contributed by atoms with E-state index in [9.17, 15) is 0 Å². The first-order valence-corrected chi connectivity index (χ1v) is 5.64. The van der Waals surface area contributed by atoms with Gasteiger partial charge in [-0.1, -0.05) is 29.3 Å². The summed E-state index contributed by atoms with van der Waals surface area (Å²) in [5.74, 6) is 1.57. The van der Waals surface area contributed by atoms with E-state index in [2.05, 4.69) is 15.3 Å². The van der Waals surface area contributed by atoms with E-state index < -0.39 is 0 Å². The molecule has 0 radical (unpaired) electrons. The summed E-state index contributed by atoms with van der Waals surface area (Å²) in [5.41, 5.74) is 6.31. The summed E-state index contributed by atoms with van der Waals surface area (Å²) in [6, 6.07) is 6.95. The molecule has 0 amide bonds. The lowest BCUT2D eigenvalue weighted by atomic mass is 10.3. The SMILES string of the molecule is Cc1nc(N)cc(Nc2cccc(Cl)c2Cl)n1. The number of halogens is 2. The standard InChI is InChI=1S/C11H10Cl2N4/c1-6-15-9(14)5-10(16-6)17-8-4-2-3-7(12)11(8)13/h2-5H,1H3,(H3,14,15,16,17). The van der Waals surface area contributed by atoms with Gasteiger partial charge in [-0.25, -0.2) is 9.97 Å². The lowest BCUT2D eigenvalue weighted by Crippen LogP contribution is -2.00. The van der Waals surface area contributed by atoms with Crippen molar-refractivity contribution in [3.63, 3.8) is 0 Å². The van der Waals surface area contributed by atoms with Gasteiger partial charge in [0.2, 0.25) is 0 Å². The van der Waals surface area contributed by atoms with Crippen LogP contribution >= 0.6 is 23.2 Å². The van der Waals surface area contributed by atoms with Crippen LogP contribution in [0.1, 0.15) is 5.82 Å². The summed E-state index contributed by atoms with van der Waals surface area (Å²) < 4.78 is 0. The summed E-state index contributed by atoms with van der Waals surface area (Å²) in [6.07, 6.45) is 0. The molecule has 3 N–H and O–H groups in total. The molecule has 0 unspecified atom stereocenters. The molecule has 0 spiro atoms. The third kappa shape index (κ3) is 2.78. The lowest BCUT2D eigenvalue weighted by Gasteiger charge is -2.09. The maximum atomic E-state index is 6.05. The number of nitrogens with one attached hydrogen (secondary N) is 1. The van der Waals surface area contributed by atoms with E-state index in [-0.39, 0.29) is 0 Å². The summed E-state index contributed by atoms with van der Waals surface area (Å²) >= 11 is 12.0. The van der Waals surface area contributed by atoms with Crippen LogP contribution in [0, 0.1) is 6.92 Å². The zero-order valence-corrected chi connectivity index (χ0v) is 10.5. The third-order valence-corrected chi connectivity index (χ3v) is 2.89. The fourth-order valence-corrected chi connectivity index (χ4v) is 1.74. The Bertz CT molecular complexity index is 537.